The van der Waals surface area contributed by atoms with E-state index in [-0.39, 0.29) is 17.9 Å². The van der Waals surface area contributed by atoms with E-state index in [1.807, 2.05) is 0 Å². The number of carbonyl (C=O) groups is 2. The first kappa shape index (κ1) is 16.1. The maximum atomic E-state index is 12.6. The second kappa shape index (κ2) is 6.77. The Morgan fingerprint density at radius 3 is 2.96 bits per heavy atom. The number of rotatable bonds is 4. The Morgan fingerprint density at radius 1 is 1.42 bits per heavy atom. The predicted molar refractivity (Wildman–Crippen MR) is 83.8 cm³/mol. The van der Waals surface area contributed by atoms with Gasteiger partial charge in [0.1, 0.15) is 5.76 Å². The van der Waals surface area contributed by atoms with Gasteiger partial charge in [0.25, 0.3) is 5.91 Å². The summed E-state index contributed by atoms with van der Waals surface area (Å²) in [7, 11) is 0. The SMILES string of the molecule is CC(=O)NCc1cncc(C2CCCN2C(=O)c2cc(C)on2)n1. The minimum Gasteiger partial charge on any atom is -0.361 e. The van der Waals surface area contributed by atoms with Crippen LogP contribution in [0.3, 0.4) is 0 Å². The highest BCUT2D eigenvalue weighted by Crippen LogP contribution is 2.31. The lowest BCUT2D eigenvalue weighted by Crippen LogP contribution is -2.31. The van der Waals surface area contributed by atoms with Crippen molar-refractivity contribution in [3.05, 3.63) is 41.3 Å². The molecular weight excluding hydrogens is 310 g/mol. The van der Waals surface area contributed by atoms with Gasteiger partial charge in [-0.25, -0.2) is 0 Å². The smallest absolute Gasteiger partial charge is 0.276 e. The van der Waals surface area contributed by atoms with Crippen molar-refractivity contribution in [2.45, 2.75) is 39.3 Å². The maximum absolute atomic E-state index is 12.6. The molecule has 1 saturated heterocycles. The van der Waals surface area contributed by atoms with E-state index in [0.717, 1.165) is 18.5 Å². The zero-order valence-electron chi connectivity index (χ0n) is 13.7. The molecular formula is C16H19N5O3. The van der Waals surface area contributed by atoms with Crippen molar-refractivity contribution in [3.63, 3.8) is 0 Å². The highest BCUT2D eigenvalue weighted by molar-refractivity contribution is 5.92. The fourth-order valence-corrected chi connectivity index (χ4v) is 2.82. The Bertz CT molecular complexity index is 758. The van der Waals surface area contributed by atoms with E-state index in [2.05, 4.69) is 20.4 Å². The first-order chi connectivity index (χ1) is 11.5. The summed E-state index contributed by atoms with van der Waals surface area (Å²) in [6, 6.07) is 1.50. The average molecular weight is 329 g/mol. The number of carbonyl (C=O) groups excluding carboxylic acids is 2. The molecule has 0 aromatic carbocycles. The number of nitrogens with one attached hydrogen (secondary N) is 1. The first-order valence-electron chi connectivity index (χ1n) is 7.84. The van der Waals surface area contributed by atoms with E-state index in [1.54, 1.807) is 30.3 Å². The summed E-state index contributed by atoms with van der Waals surface area (Å²) in [6.45, 7) is 4.17. The quantitative estimate of drug-likeness (QED) is 0.909. The maximum Gasteiger partial charge on any atom is 0.276 e. The molecule has 3 rings (SSSR count). The van der Waals surface area contributed by atoms with Crippen molar-refractivity contribution in [1.29, 1.82) is 0 Å². The Morgan fingerprint density at radius 2 is 2.25 bits per heavy atom. The first-order valence-corrected chi connectivity index (χ1v) is 7.84. The fourth-order valence-electron chi connectivity index (χ4n) is 2.82. The van der Waals surface area contributed by atoms with Gasteiger partial charge in [-0.1, -0.05) is 5.16 Å². The highest BCUT2D eigenvalue weighted by Gasteiger charge is 2.33. The van der Waals surface area contributed by atoms with Crippen LogP contribution < -0.4 is 5.32 Å². The van der Waals surface area contributed by atoms with Gasteiger partial charge in [0, 0.05) is 19.5 Å². The summed E-state index contributed by atoms with van der Waals surface area (Å²) >= 11 is 0. The number of likely N-dealkylation sites (tertiary alicyclic amines) is 1. The monoisotopic (exact) mass is 329 g/mol. The third-order valence-electron chi connectivity index (χ3n) is 3.92. The highest BCUT2D eigenvalue weighted by atomic mass is 16.5. The van der Waals surface area contributed by atoms with Crippen LogP contribution in [-0.4, -0.2) is 38.4 Å². The van der Waals surface area contributed by atoms with Crippen LogP contribution in [0, 0.1) is 6.92 Å². The fraction of sp³-hybridized carbons (Fsp3) is 0.438. The molecule has 3 heterocycles. The molecule has 2 aromatic heterocycles. The molecule has 0 aliphatic carbocycles. The van der Waals surface area contributed by atoms with E-state index < -0.39 is 0 Å². The molecule has 8 nitrogen and oxygen atoms in total. The summed E-state index contributed by atoms with van der Waals surface area (Å²) in [6.07, 6.45) is 4.99. The average Bonchev–Trinajstić information content (AvgIpc) is 3.21. The molecule has 1 unspecified atom stereocenters. The summed E-state index contributed by atoms with van der Waals surface area (Å²) in [5, 5.41) is 6.50. The number of hydrogen-bond acceptors (Lipinski definition) is 6. The minimum atomic E-state index is -0.164. The summed E-state index contributed by atoms with van der Waals surface area (Å²) < 4.78 is 4.99. The summed E-state index contributed by atoms with van der Waals surface area (Å²) in [5.74, 6) is 0.316. The Labute approximate surface area is 139 Å². The van der Waals surface area contributed by atoms with E-state index >= 15 is 0 Å². The number of aromatic nitrogens is 3. The van der Waals surface area contributed by atoms with Gasteiger partial charge in [-0.05, 0) is 19.8 Å². The van der Waals surface area contributed by atoms with E-state index in [0.29, 0.717) is 30.2 Å². The molecule has 24 heavy (non-hydrogen) atoms. The lowest BCUT2D eigenvalue weighted by molar-refractivity contribution is -0.119. The Balaban J connectivity index is 1.79. The molecule has 1 aliphatic heterocycles. The van der Waals surface area contributed by atoms with Crippen molar-refractivity contribution in [2.24, 2.45) is 0 Å². The zero-order valence-corrected chi connectivity index (χ0v) is 13.7. The lowest BCUT2D eigenvalue weighted by atomic mass is 10.1. The van der Waals surface area contributed by atoms with Crippen LogP contribution in [0.25, 0.3) is 0 Å². The number of hydrogen-bond donors (Lipinski definition) is 1. The molecule has 8 heteroatoms. The second-order valence-electron chi connectivity index (χ2n) is 5.82. The van der Waals surface area contributed by atoms with Crippen molar-refractivity contribution >= 4 is 11.8 Å². The standard InChI is InChI=1S/C16H19N5O3/c1-10-6-13(20-24-10)16(23)21-5-3-4-15(21)14-9-17-7-12(19-14)8-18-11(2)22/h6-7,9,15H,3-5,8H2,1-2H3,(H,18,22). The molecule has 0 radical (unpaired) electrons. The molecule has 1 atom stereocenters. The van der Waals surface area contributed by atoms with Gasteiger partial charge in [-0.3, -0.25) is 19.6 Å². The molecule has 1 fully saturated rings. The molecule has 2 aromatic rings. The van der Waals surface area contributed by atoms with Crippen LogP contribution in [0.4, 0.5) is 0 Å². The number of aryl methyl sites for hydroxylation is 1. The molecule has 0 saturated carbocycles. The van der Waals surface area contributed by atoms with Crippen LogP contribution in [-0.2, 0) is 11.3 Å². The van der Waals surface area contributed by atoms with Crippen LogP contribution in [0.5, 0.6) is 0 Å². The topological polar surface area (TPSA) is 101 Å². The van der Waals surface area contributed by atoms with Crippen molar-refractivity contribution in [1.82, 2.24) is 25.3 Å². The normalized spacial score (nSPS) is 17.1. The molecule has 0 spiro atoms. The van der Waals surface area contributed by atoms with Crippen molar-refractivity contribution in [2.75, 3.05) is 6.54 Å². The Kier molecular flexibility index (Phi) is 4.54. The largest absolute Gasteiger partial charge is 0.361 e. The molecule has 1 aliphatic rings. The van der Waals surface area contributed by atoms with Crippen molar-refractivity contribution < 1.29 is 14.1 Å². The van der Waals surface area contributed by atoms with E-state index in [4.69, 9.17) is 4.52 Å². The number of amides is 2. The van der Waals surface area contributed by atoms with Crippen LogP contribution in [0.2, 0.25) is 0 Å². The minimum absolute atomic E-state index is 0.124. The third kappa shape index (κ3) is 3.42. The molecule has 1 N–H and O–H groups in total. The molecule has 126 valence electrons. The summed E-state index contributed by atoms with van der Waals surface area (Å²) in [5.41, 5.74) is 1.70. The van der Waals surface area contributed by atoms with Gasteiger partial charge >= 0.3 is 0 Å². The number of nitrogens with zero attached hydrogens (tertiary/aromatic N) is 4. The van der Waals surface area contributed by atoms with Gasteiger partial charge in [0.2, 0.25) is 5.91 Å². The zero-order chi connectivity index (χ0) is 17.1. The van der Waals surface area contributed by atoms with Gasteiger partial charge in [-0.15, -0.1) is 0 Å². The molecule has 0 bridgehead atoms. The summed E-state index contributed by atoms with van der Waals surface area (Å²) in [4.78, 5) is 34.2. The second-order valence-corrected chi connectivity index (χ2v) is 5.82. The predicted octanol–water partition coefficient (Wildman–Crippen LogP) is 1.39. The van der Waals surface area contributed by atoms with Crippen LogP contribution in [0.1, 0.15) is 53.4 Å². The van der Waals surface area contributed by atoms with Crippen LogP contribution in [0.15, 0.2) is 23.0 Å². The Hall–Kier alpha value is -2.77. The van der Waals surface area contributed by atoms with Gasteiger partial charge < -0.3 is 14.7 Å². The lowest BCUT2D eigenvalue weighted by Gasteiger charge is -2.23. The van der Waals surface area contributed by atoms with Gasteiger partial charge in [0.05, 0.1) is 36.4 Å². The van der Waals surface area contributed by atoms with E-state index in [9.17, 15) is 9.59 Å². The van der Waals surface area contributed by atoms with Crippen molar-refractivity contribution in [3.8, 4) is 0 Å². The molecule has 2 amide bonds. The van der Waals surface area contributed by atoms with Crippen LogP contribution >= 0.6 is 0 Å². The third-order valence-corrected chi connectivity index (χ3v) is 3.92. The van der Waals surface area contributed by atoms with E-state index in [1.165, 1.54) is 6.92 Å². The van der Waals surface area contributed by atoms with Gasteiger partial charge in [0.15, 0.2) is 5.69 Å². The van der Waals surface area contributed by atoms with Gasteiger partial charge in [-0.2, -0.15) is 0 Å².